The number of hydrogen-bond acceptors (Lipinski definition) is 5. The largest absolute Gasteiger partial charge is 0.481 e. The summed E-state index contributed by atoms with van der Waals surface area (Å²) in [6, 6.07) is 0. The second-order valence-electron chi connectivity index (χ2n) is 11.2. The van der Waals surface area contributed by atoms with Gasteiger partial charge in [-0.1, -0.05) is 0 Å². The molecule has 0 spiro atoms. The fraction of sp³-hybridized carbons (Fsp3) is 0.889. The van der Waals surface area contributed by atoms with E-state index in [1.54, 1.807) is 0 Å². The zero-order valence-electron chi connectivity index (χ0n) is 19.2. The maximum atomic E-state index is 12.0. The third-order valence-electron chi connectivity index (χ3n) is 5.76. The number of carboxylic acids is 2. The SMILES string of the molecule is C[Si](C)(C)O[Si](C)(C)O[Si](C)(O[Si](C)(C)C)C1CC2CC1C(C(=O)O)C2C(=O)O. The third kappa shape index (κ3) is 5.89. The highest BCUT2D eigenvalue weighted by Gasteiger charge is 2.65. The summed E-state index contributed by atoms with van der Waals surface area (Å²) in [4.78, 5) is 23.8. The van der Waals surface area contributed by atoms with Crippen molar-refractivity contribution in [2.45, 2.75) is 77.3 Å². The van der Waals surface area contributed by atoms with Crippen LogP contribution in [-0.2, 0) is 21.9 Å². The third-order valence-corrected chi connectivity index (χ3v) is 19.8. The normalized spacial score (nSPS) is 32.2. The van der Waals surface area contributed by atoms with Crippen molar-refractivity contribution in [3.8, 4) is 0 Å². The molecular formula is C18H38O7Si4. The topological polar surface area (TPSA) is 102 Å². The Balaban J connectivity index is 2.38. The summed E-state index contributed by atoms with van der Waals surface area (Å²) in [5, 5.41) is 19.5. The van der Waals surface area contributed by atoms with Crippen LogP contribution in [0.3, 0.4) is 0 Å². The van der Waals surface area contributed by atoms with Gasteiger partial charge in [-0.25, -0.2) is 0 Å². The van der Waals surface area contributed by atoms with Gasteiger partial charge in [-0.3, -0.25) is 9.59 Å². The van der Waals surface area contributed by atoms with Crippen LogP contribution in [-0.4, -0.2) is 55.9 Å². The monoisotopic (exact) mass is 478 g/mol. The van der Waals surface area contributed by atoms with Crippen molar-refractivity contribution in [1.82, 2.24) is 0 Å². The average molecular weight is 479 g/mol. The highest BCUT2D eigenvalue weighted by Crippen LogP contribution is 2.61. The molecule has 0 amide bonds. The molecule has 6 atom stereocenters. The molecule has 0 radical (unpaired) electrons. The fourth-order valence-electron chi connectivity index (χ4n) is 5.68. The summed E-state index contributed by atoms with van der Waals surface area (Å²) in [5.41, 5.74) is -0.0204. The molecule has 2 N–H and O–H groups in total. The Morgan fingerprint density at radius 1 is 0.724 bits per heavy atom. The Kier molecular flexibility index (Phi) is 6.87. The highest BCUT2D eigenvalue weighted by atomic mass is 28.5. The van der Waals surface area contributed by atoms with Gasteiger partial charge >= 0.3 is 29.1 Å². The molecule has 2 fully saturated rings. The van der Waals surface area contributed by atoms with E-state index in [-0.39, 0.29) is 17.4 Å². The molecule has 0 heterocycles. The van der Waals surface area contributed by atoms with E-state index < -0.39 is 57.5 Å². The molecule has 2 aliphatic rings. The lowest BCUT2D eigenvalue weighted by Gasteiger charge is -2.47. The van der Waals surface area contributed by atoms with Crippen molar-refractivity contribution in [3.63, 3.8) is 0 Å². The maximum absolute atomic E-state index is 12.0. The molecule has 0 saturated heterocycles. The summed E-state index contributed by atoms with van der Waals surface area (Å²) in [7, 11) is -9.13. The first-order chi connectivity index (χ1) is 12.9. The fourth-order valence-corrected chi connectivity index (χ4v) is 24.5. The van der Waals surface area contributed by atoms with Gasteiger partial charge in [0.05, 0.1) is 11.8 Å². The predicted octanol–water partition coefficient (Wildman–Crippen LogP) is 4.29. The van der Waals surface area contributed by atoms with Gasteiger partial charge in [0.2, 0.25) is 0 Å². The zero-order chi connectivity index (χ0) is 22.6. The first-order valence-corrected chi connectivity index (χ1v) is 22.4. The van der Waals surface area contributed by atoms with Gasteiger partial charge in [0.25, 0.3) is 0 Å². The van der Waals surface area contributed by atoms with E-state index in [1.165, 1.54) is 0 Å². The van der Waals surface area contributed by atoms with Crippen LogP contribution in [0, 0.1) is 23.7 Å². The second kappa shape index (κ2) is 7.99. The van der Waals surface area contributed by atoms with Gasteiger partial charge in [-0.15, -0.1) is 0 Å². The van der Waals surface area contributed by atoms with Crippen molar-refractivity contribution in [1.29, 1.82) is 0 Å². The Bertz CT molecular complexity index is 658. The Morgan fingerprint density at radius 2 is 1.21 bits per heavy atom. The summed E-state index contributed by atoms with van der Waals surface area (Å²) < 4.78 is 19.9. The van der Waals surface area contributed by atoms with Crippen LogP contribution in [0.25, 0.3) is 0 Å². The van der Waals surface area contributed by atoms with E-state index >= 15 is 0 Å². The highest BCUT2D eigenvalue weighted by molar-refractivity contribution is 6.90. The number of aliphatic carboxylic acids is 2. The number of hydrogen-bond donors (Lipinski definition) is 2. The van der Waals surface area contributed by atoms with Crippen molar-refractivity contribution in [3.05, 3.63) is 0 Å². The number of fused-ring (bicyclic) bond motifs is 2. The van der Waals surface area contributed by atoms with E-state index in [1.807, 2.05) is 13.1 Å². The van der Waals surface area contributed by atoms with Gasteiger partial charge in [-0.2, -0.15) is 0 Å². The molecular weight excluding hydrogens is 441 g/mol. The second-order valence-corrected chi connectivity index (χ2v) is 27.6. The number of carbonyl (C=O) groups is 2. The van der Waals surface area contributed by atoms with Gasteiger partial charge < -0.3 is 22.6 Å². The lowest BCUT2D eigenvalue weighted by molar-refractivity contribution is -0.156. The Labute approximate surface area is 178 Å². The minimum absolute atomic E-state index is 0.0204. The lowest BCUT2D eigenvalue weighted by Crippen LogP contribution is -2.60. The molecule has 2 rings (SSSR count). The van der Waals surface area contributed by atoms with Crippen molar-refractivity contribution in [2.24, 2.45) is 23.7 Å². The van der Waals surface area contributed by atoms with Crippen LogP contribution in [0.15, 0.2) is 0 Å². The molecule has 11 heteroatoms. The molecule has 29 heavy (non-hydrogen) atoms. The predicted molar refractivity (Wildman–Crippen MR) is 121 cm³/mol. The molecule has 0 aromatic rings. The van der Waals surface area contributed by atoms with Gasteiger partial charge in [0, 0.05) is 5.54 Å². The molecule has 2 bridgehead atoms. The van der Waals surface area contributed by atoms with Crippen LogP contribution in [0.2, 0.25) is 64.5 Å². The van der Waals surface area contributed by atoms with Crippen LogP contribution in [0.1, 0.15) is 12.8 Å². The number of rotatable bonds is 9. The maximum Gasteiger partial charge on any atom is 0.319 e. The van der Waals surface area contributed by atoms with E-state index in [0.717, 1.165) is 0 Å². The summed E-state index contributed by atoms with van der Waals surface area (Å²) >= 11 is 0. The summed E-state index contributed by atoms with van der Waals surface area (Å²) in [6.45, 7) is 18.9. The van der Waals surface area contributed by atoms with E-state index in [0.29, 0.717) is 12.8 Å². The van der Waals surface area contributed by atoms with Gasteiger partial charge in [0.15, 0.2) is 16.6 Å². The number of carboxylic acid groups (broad SMARTS) is 2. The van der Waals surface area contributed by atoms with E-state index in [2.05, 4.69) is 45.8 Å². The minimum Gasteiger partial charge on any atom is -0.481 e. The summed E-state index contributed by atoms with van der Waals surface area (Å²) in [5.74, 6) is -3.98. The summed E-state index contributed by atoms with van der Waals surface area (Å²) in [6.07, 6.45) is 1.31. The van der Waals surface area contributed by atoms with Crippen molar-refractivity contribution < 1.29 is 32.1 Å². The first kappa shape index (κ1) is 25.0. The lowest BCUT2D eigenvalue weighted by atomic mass is 9.79. The van der Waals surface area contributed by atoms with Crippen LogP contribution in [0.4, 0.5) is 0 Å². The van der Waals surface area contributed by atoms with Gasteiger partial charge in [0.1, 0.15) is 0 Å². The molecule has 2 saturated carbocycles. The molecule has 0 aromatic heterocycles. The quantitative estimate of drug-likeness (QED) is 0.476. The Morgan fingerprint density at radius 3 is 1.62 bits per heavy atom. The van der Waals surface area contributed by atoms with E-state index in [9.17, 15) is 19.8 Å². The van der Waals surface area contributed by atoms with Gasteiger partial charge in [-0.05, 0) is 83.6 Å². The molecule has 0 aromatic carbocycles. The van der Waals surface area contributed by atoms with Crippen LogP contribution in [0.5, 0.6) is 0 Å². The molecule has 7 nitrogen and oxygen atoms in total. The van der Waals surface area contributed by atoms with E-state index in [4.69, 9.17) is 12.3 Å². The average Bonchev–Trinajstić information content (AvgIpc) is 2.98. The molecule has 0 aliphatic heterocycles. The smallest absolute Gasteiger partial charge is 0.319 e. The zero-order valence-corrected chi connectivity index (χ0v) is 23.2. The molecule has 168 valence electrons. The molecule has 6 unspecified atom stereocenters. The van der Waals surface area contributed by atoms with Crippen LogP contribution < -0.4 is 0 Å². The van der Waals surface area contributed by atoms with Crippen LogP contribution >= 0.6 is 0 Å². The minimum atomic E-state index is -2.83. The Hall–Kier alpha value is -0.312. The first-order valence-electron chi connectivity index (χ1n) is 10.4. The van der Waals surface area contributed by atoms with Crippen molar-refractivity contribution in [2.75, 3.05) is 0 Å². The van der Waals surface area contributed by atoms with Crippen molar-refractivity contribution >= 4 is 45.7 Å². The molecule has 2 aliphatic carbocycles. The standard InChI is InChI=1S/C18H38O7Si4/c1-26(2,3)23-28(7,8)25-29(9,24-27(4,5)6)14-11-12-10-13(14)16(18(21)22)15(12)17(19)20/h12-16H,10-11H2,1-9H3,(H,19,20)(H,21,22).